The zero-order valence-electron chi connectivity index (χ0n) is 9.25. The molecule has 0 unspecified atom stereocenters. The number of carbonyl (C=O) groups excluding carboxylic acids is 1. The molecule has 0 atom stereocenters. The van der Waals surface area contributed by atoms with Crippen molar-refractivity contribution in [3.05, 3.63) is 36.8 Å². The quantitative estimate of drug-likeness (QED) is 0.733. The van der Waals surface area contributed by atoms with Crippen LogP contribution >= 0.6 is 0 Å². The molecule has 2 nitrogen and oxygen atoms in total. The number of benzene rings is 1. The number of anilines is 1. The standard InChI is InChI=1S/C13H18NO/c1-3-4-5-6-12-7-9-13(10-8-12)14-11(2)15/h7-10H,2-6H2,1H3,(H,14,15). The summed E-state index contributed by atoms with van der Waals surface area (Å²) in [5.74, 6) is -0.270. The van der Waals surface area contributed by atoms with E-state index < -0.39 is 0 Å². The number of hydrogen-bond acceptors (Lipinski definition) is 1. The van der Waals surface area contributed by atoms with Crippen molar-refractivity contribution < 1.29 is 4.79 Å². The van der Waals surface area contributed by atoms with E-state index in [1.54, 1.807) is 0 Å². The van der Waals surface area contributed by atoms with Crippen molar-refractivity contribution in [1.82, 2.24) is 0 Å². The van der Waals surface area contributed by atoms with Gasteiger partial charge in [0.05, 0.1) is 0 Å². The maximum atomic E-state index is 10.7. The van der Waals surface area contributed by atoms with Gasteiger partial charge in [0.2, 0.25) is 5.91 Å². The average Bonchev–Trinajstić information content (AvgIpc) is 2.20. The number of unbranched alkanes of at least 4 members (excludes halogenated alkanes) is 2. The van der Waals surface area contributed by atoms with Crippen molar-refractivity contribution in [2.75, 3.05) is 5.32 Å². The molecule has 1 radical (unpaired) electrons. The SMILES string of the molecule is [CH2]C(=O)Nc1ccc(CCCCC)cc1. The van der Waals surface area contributed by atoms with Crippen LogP contribution in [0.5, 0.6) is 0 Å². The fourth-order valence-electron chi connectivity index (χ4n) is 1.49. The van der Waals surface area contributed by atoms with E-state index in [4.69, 9.17) is 0 Å². The lowest BCUT2D eigenvalue weighted by Gasteiger charge is -2.04. The molecule has 0 aliphatic heterocycles. The third-order valence-corrected chi connectivity index (χ3v) is 2.31. The highest BCUT2D eigenvalue weighted by molar-refractivity contribution is 5.93. The molecule has 0 fully saturated rings. The zero-order chi connectivity index (χ0) is 11.1. The highest BCUT2D eigenvalue weighted by Gasteiger charge is 1.96. The average molecular weight is 204 g/mol. The van der Waals surface area contributed by atoms with E-state index in [-0.39, 0.29) is 5.91 Å². The first-order valence-corrected chi connectivity index (χ1v) is 5.44. The molecule has 15 heavy (non-hydrogen) atoms. The van der Waals surface area contributed by atoms with Gasteiger partial charge in [0.1, 0.15) is 0 Å². The fraction of sp³-hybridized carbons (Fsp3) is 0.385. The smallest absolute Gasteiger partial charge is 0.224 e. The van der Waals surface area contributed by atoms with E-state index in [1.165, 1.54) is 24.8 Å². The minimum atomic E-state index is -0.270. The Kier molecular flexibility index (Phi) is 4.88. The molecule has 1 N–H and O–H groups in total. The van der Waals surface area contributed by atoms with Gasteiger partial charge in [-0.3, -0.25) is 4.79 Å². The van der Waals surface area contributed by atoms with Crippen LogP contribution in [0.4, 0.5) is 5.69 Å². The van der Waals surface area contributed by atoms with Crippen molar-refractivity contribution in [1.29, 1.82) is 0 Å². The number of hydrogen-bond donors (Lipinski definition) is 1. The highest BCUT2D eigenvalue weighted by atomic mass is 16.1. The van der Waals surface area contributed by atoms with Gasteiger partial charge in [0.25, 0.3) is 0 Å². The molecule has 0 aliphatic rings. The second-order valence-electron chi connectivity index (χ2n) is 3.70. The summed E-state index contributed by atoms with van der Waals surface area (Å²) < 4.78 is 0. The minimum absolute atomic E-state index is 0.270. The van der Waals surface area contributed by atoms with Crippen LogP contribution in [-0.4, -0.2) is 5.91 Å². The predicted molar refractivity (Wildman–Crippen MR) is 63.7 cm³/mol. The Labute approximate surface area is 91.7 Å². The van der Waals surface area contributed by atoms with Crippen LogP contribution in [0.25, 0.3) is 0 Å². The molecule has 0 spiro atoms. The number of nitrogens with one attached hydrogen (secondary N) is 1. The Morgan fingerprint density at radius 1 is 1.27 bits per heavy atom. The molecule has 0 heterocycles. The zero-order valence-corrected chi connectivity index (χ0v) is 9.25. The summed E-state index contributed by atoms with van der Waals surface area (Å²) in [6.07, 6.45) is 4.87. The maximum Gasteiger partial charge on any atom is 0.224 e. The van der Waals surface area contributed by atoms with Crippen LogP contribution in [0.15, 0.2) is 24.3 Å². The van der Waals surface area contributed by atoms with Crippen LogP contribution in [0, 0.1) is 6.92 Å². The van der Waals surface area contributed by atoms with E-state index >= 15 is 0 Å². The Balaban J connectivity index is 2.45. The Morgan fingerprint density at radius 2 is 1.93 bits per heavy atom. The van der Waals surface area contributed by atoms with Gasteiger partial charge in [-0.2, -0.15) is 0 Å². The molecule has 0 saturated heterocycles. The van der Waals surface area contributed by atoms with Gasteiger partial charge in [-0.05, 0) is 30.5 Å². The predicted octanol–water partition coefficient (Wildman–Crippen LogP) is 3.19. The highest BCUT2D eigenvalue weighted by Crippen LogP contribution is 2.12. The van der Waals surface area contributed by atoms with E-state index in [9.17, 15) is 4.79 Å². The molecule has 1 aromatic carbocycles. The molecule has 0 bridgehead atoms. The first-order chi connectivity index (χ1) is 7.22. The molecular formula is C13H18NO. The van der Waals surface area contributed by atoms with Crippen LogP contribution in [0.1, 0.15) is 31.7 Å². The number of carbonyl (C=O) groups is 1. The summed E-state index contributed by atoms with van der Waals surface area (Å²) in [7, 11) is 0. The largest absolute Gasteiger partial charge is 0.326 e. The summed E-state index contributed by atoms with van der Waals surface area (Å²) in [5.41, 5.74) is 2.14. The fourth-order valence-corrected chi connectivity index (χ4v) is 1.49. The molecule has 0 saturated carbocycles. The van der Waals surface area contributed by atoms with E-state index in [1.807, 2.05) is 12.1 Å². The Morgan fingerprint density at radius 3 is 2.47 bits per heavy atom. The van der Waals surface area contributed by atoms with Crippen LogP contribution in [0.3, 0.4) is 0 Å². The molecule has 2 heteroatoms. The molecular weight excluding hydrogens is 186 g/mol. The lowest BCUT2D eigenvalue weighted by Crippen LogP contribution is -2.05. The van der Waals surface area contributed by atoms with Gasteiger partial charge in [-0.25, -0.2) is 0 Å². The van der Waals surface area contributed by atoms with Crippen molar-refractivity contribution >= 4 is 11.6 Å². The van der Waals surface area contributed by atoms with Gasteiger partial charge in [0.15, 0.2) is 0 Å². The number of rotatable bonds is 5. The second kappa shape index (κ2) is 6.23. The first-order valence-electron chi connectivity index (χ1n) is 5.44. The first kappa shape index (κ1) is 11.8. The minimum Gasteiger partial charge on any atom is -0.326 e. The molecule has 0 aromatic heterocycles. The van der Waals surface area contributed by atoms with E-state index in [0.717, 1.165) is 12.1 Å². The lowest BCUT2D eigenvalue weighted by molar-refractivity contribution is -0.112. The van der Waals surface area contributed by atoms with Gasteiger partial charge in [-0.1, -0.05) is 31.9 Å². The topological polar surface area (TPSA) is 29.1 Å². The lowest BCUT2D eigenvalue weighted by atomic mass is 10.1. The maximum absolute atomic E-state index is 10.7. The summed E-state index contributed by atoms with van der Waals surface area (Å²) in [6, 6.07) is 7.95. The summed E-state index contributed by atoms with van der Waals surface area (Å²) in [6.45, 7) is 5.47. The molecule has 1 aromatic rings. The van der Waals surface area contributed by atoms with Crippen LogP contribution < -0.4 is 5.32 Å². The molecule has 0 aliphatic carbocycles. The van der Waals surface area contributed by atoms with E-state index in [0.29, 0.717) is 0 Å². The van der Waals surface area contributed by atoms with Crippen molar-refractivity contribution in [3.63, 3.8) is 0 Å². The van der Waals surface area contributed by atoms with Gasteiger partial charge in [0, 0.05) is 12.6 Å². The van der Waals surface area contributed by atoms with Crippen molar-refractivity contribution in [3.8, 4) is 0 Å². The van der Waals surface area contributed by atoms with Crippen LogP contribution in [0.2, 0.25) is 0 Å². The van der Waals surface area contributed by atoms with E-state index in [2.05, 4.69) is 31.3 Å². The van der Waals surface area contributed by atoms with Gasteiger partial charge in [-0.15, -0.1) is 0 Å². The van der Waals surface area contributed by atoms with Crippen LogP contribution in [-0.2, 0) is 11.2 Å². The number of amides is 1. The third kappa shape index (κ3) is 4.63. The summed E-state index contributed by atoms with van der Waals surface area (Å²) in [5, 5.41) is 2.65. The molecule has 1 rings (SSSR count). The molecule has 81 valence electrons. The third-order valence-electron chi connectivity index (χ3n) is 2.31. The molecule has 1 amide bonds. The monoisotopic (exact) mass is 204 g/mol. The van der Waals surface area contributed by atoms with Gasteiger partial charge >= 0.3 is 0 Å². The van der Waals surface area contributed by atoms with Crippen molar-refractivity contribution in [2.45, 2.75) is 32.6 Å². The Hall–Kier alpha value is -1.31. The second-order valence-corrected chi connectivity index (χ2v) is 3.70. The van der Waals surface area contributed by atoms with Gasteiger partial charge < -0.3 is 5.32 Å². The Bertz CT molecular complexity index is 303. The number of aryl methyl sites for hydroxylation is 1. The van der Waals surface area contributed by atoms with Crippen molar-refractivity contribution in [2.24, 2.45) is 0 Å². The normalized spacial score (nSPS) is 10.0. The summed E-state index contributed by atoms with van der Waals surface area (Å²) >= 11 is 0. The summed E-state index contributed by atoms with van der Waals surface area (Å²) in [4.78, 5) is 10.7.